The monoisotopic (exact) mass is 216 g/mol. The van der Waals surface area contributed by atoms with Gasteiger partial charge in [-0.15, -0.1) is 23.1 Å². The van der Waals surface area contributed by atoms with Gasteiger partial charge in [-0.2, -0.15) is 0 Å². The minimum absolute atomic E-state index is 0.106. The number of thioether (sulfide) groups is 1. The van der Waals surface area contributed by atoms with Crippen LogP contribution in [0.5, 0.6) is 5.75 Å². The van der Waals surface area contributed by atoms with E-state index < -0.39 is 5.97 Å². The molecule has 0 atom stereocenters. The Morgan fingerprint density at radius 3 is 3.00 bits per heavy atom. The van der Waals surface area contributed by atoms with Crippen LogP contribution in [0.2, 0.25) is 0 Å². The molecule has 0 fully saturated rings. The fourth-order valence-electron chi connectivity index (χ4n) is 1.24. The van der Waals surface area contributed by atoms with Gasteiger partial charge in [0.15, 0.2) is 10.6 Å². The van der Waals surface area contributed by atoms with Crippen LogP contribution in [0.1, 0.15) is 14.5 Å². The largest absolute Gasteiger partial charge is 0.505 e. The normalized spacial score (nSPS) is 14.2. The molecule has 1 aromatic rings. The van der Waals surface area contributed by atoms with E-state index in [0.717, 1.165) is 21.9 Å². The van der Waals surface area contributed by atoms with Crippen molar-refractivity contribution in [2.75, 3.05) is 12.9 Å². The number of aromatic hydroxyl groups is 1. The highest BCUT2D eigenvalue weighted by atomic mass is 32.2. The van der Waals surface area contributed by atoms with E-state index in [2.05, 4.69) is 4.74 Å². The third-order valence-corrected chi connectivity index (χ3v) is 4.34. The first-order valence-corrected chi connectivity index (χ1v) is 5.60. The van der Waals surface area contributed by atoms with Gasteiger partial charge in [-0.05, 0) is 6.42 Å². The number of thiophene rings is 1. The Balaban J connectivity index is 2.44. The lowest BCUT2D eigenvalue weighted by Gasteiger charge is -1.96. The second-order valence-corrected chi connectivity index (χ2v) is 4.83. The lowest BCUT2D eigenvalue weighted by molar-refractivity contribution is 0.0603. The van der Waals surface area contributed by atoms with Gasteiger partial charge in [0.2, 0.25) is 0 Å². The topological polar surface area (TPSA) is 46.5 Å². The van der Waals surface area contributed by atoms with Gasteiger partial charge in [-0.1, -0.05) is 0 Å². The minimum Gasteiger partial charge on any atom is -0.505 e. The van der Waals surface area contributed by atoms with Crippen molar-refractivity contribution in [2.24, 2.45) is 0 Å². The highest BCUT2D eigenvalue weighted by molar-refractivity contribution is 7.99. The van der Waals surface area contributed by atoms with Crippen LogP contribution in [0.3, 0.4) is 0 Å². The zero-order chi connectivity index (χ0) is 9.42. The summed E-state index contributed by atoms with van der Waals surface area (Å²) >= 11 is 2.93. The van der Waals surface area contributed by atoms with Crippen molar-refractivity contribution >= 4 is 29.1 Å². The van der Waals surface area contributed by atoms with Crippen LogP contribution in [-0.2, 0) is 11.2 Å². The van der Waals surface area contributed by atoms with E-state index in [1.165, 1.54) is 18.4 Å². The SMILES string of the molecule is COC(=O)c1sc2c(c1O)SCC2. The molecule has 0 saturated carbocycles. The first kappa shape index (κ1) is 8.90. The number of rotatable bonds is 1. The van der Waals surface area contributed by atoms with Crippen molar-refractivity contribution < 1.29 is 14.6 Å². The maximum Gasteiger partial charge on any atom is 0.351 e. The molecule has 0 amide bonds. The molecule has 1 aliphatic rings. The summed E-state index contributed by atoms with van der Waals surface area (Å²) in [7, 11) is 1.32. The van der Waals surface area contributed by atoms with Crippen molar-refractivity contribution in [3.05, 3.63) is 9.75 Å². The Kier molecular flexibility index (Phi) is 2.21. The van der Waals surface area contributed by atoms with E-state index >= 15 is 0 Å². The molecule has 2 heterocycles. The van der Waals surface area contributed by atoms with Gasteiger partial charge in [-0.25, -0.2) is 4.79 Å². The molecule has 0 radical (unpaired) electrons. The second-order valence-electron chi connectivity index (χ2n) is 2.62. The van der Waals surface area contributed by atoms with Crippen molar-refractivity contribution in [3.63, 3.8) is 0 Å². The Labute approximate surface area is 83.7 Å². The minimum atomic E-state index is -0.447. The van der Waals surface area contributed by atoms with Gasteiger partial charge >= 0.3 is 5.97 Å². The predicted octanol–water partition coefficient (Wildman–Crippen LogP) is 1.89. The number of ether oxygens (including phenoxy) is 1. The molecule has 3 nitrogen and oxygen atoms in total. The number of aryl methyl sites for hydroxylation is 1. The van der Waals surface area contributed by atoms with Gasteiger partial charge < -0.3 is 9.84 Å². The first-order valence-electron chi connectivity index (χ1n) is 3.79. The summed E-state index contributed by atoms with van der Waals surface area (Å²) in [6.45, 7) is 0. The highest BCUT2D eigenvalue weighted by Crippen LogP contribution is 2.46. The number of hydrogen-bond donors (Lipinski definition) is 1. The Hall–Kier alpha value is -0.680. The maximum atomic E-state index is 11.2. The van der Waals surface area contributed by atoms with Gasteiger partial charge in [0, 0.05) is 10.6 Å². The molecule has 0 bridgehead atoms. The maximum absolute atomic E-state index is 11.2. The first-order chi connectivity index (χ1) is 6.24. The number of esters is 1. The molecule has 5 heteroatoms. The van der Waals surface area contributed by atoms with Crippen molar-refractivity contribution in [3.8, 4) is 5.75 Å². The summed E-state index contributed by atoms with van der Waals surface area (Å²) < 4.78 is 4.56. The molecule has 0 unspecified atom stereocenters. The van der Waals surface area contributed by atoms with Gasteiger partial charge in [0.05, 0.1) is 12.0 Å². The molecule has 2 rings (SSSR count). The molecule has 1 aromatic heterocycles. The smallest absolute Gasteiger partial charge is 0.351 e. The summed E-state index contributed by atoms with van der Waals surface area (Å²) in [6, 6.07) is 0. The van der Waals surface area contributed by atoms with Crippen molar-refractivity contribution in [2.45, 2.75) is 11.3 Å². The van der Waals surface area contributed by atoms with Crippen LogP contribution in [-0.4, -0.2) is 23.9 Å². The molecule has 0 saturated heterocycles. The number of hydrogen-bond acceptors (Lipinski definition) is 5. The van der Waals surface area contributed by atoms with Gasteiger partial charge in [-0.3, -0.25) is 0 Å². The van der Waals surface area contributed by atoms with E-state index in [1.54, 1.807) is 11.8 Å². The molecular weight excluding hydrogens is 208 g/mol. The van der Waals surface area contributed by atoms with E-state index in [1.807, 2.05) is 0 Å². The molecule has 1 aliphatic heterocycles. The molecule has 0 spiro atoms. The van der Waals surface area contributed by atoms with Gasteiger partial charge in [0.1, 0.15) is 0 Å². The number of methoxy groups -OCH3 is 1. The molecule has 70 valence electrons. The predicted molar refractivity (Wildman–Crippen MR) is 51.8 cm³/mol. The number of carbonyl (C=O) groups is 1. The fourth-order valence-corrected chi connectivity index (χ4v) is 3.76. The second kappa shape index (κ2) is 3.23. The highest BCUT2D eigenvalue weighted by Gasteiger charge is 2.26. The Morgan fingerprint density at radius 2 is 2.38 bits per heavy atom. The zero-order valence-corrected chi connectivity index (χ0v) is 8.63. The van der Waals surface area contributed by atoms with Gasteiger partial charge in [0.25, 0.3) is 0 Å². The van der Waals surface area contributed by atoms with Crippen molar-refractivity contribution in [1.82, 2.24) is 0 Å². The molecular formula is C8H8O3S2. The van der Waals surface area contributed by atoms with Crippen LogP contribution < -0.4 is 0 Å². The Morgan fingerprint density at radius 1 is 1.62 bits per heavy atom. The van der Waals surface area contributed by atoms with Crippen LogP contribution >= 0.6 is 23.1 Å². The standard InChI is InChI=1S/C8H8O3S2/c1-11-8(10)7-5(9)6-4(13-7)2-3-12-6/h9H,2-3H2,1H3. The summed E-state index contributed by atoms with van der Waals surface area (Å²) in [6.07, 6.45) is 0.940. The average Bonchev–Trinajstić information content (AvgIpc) is 2.68. The van der Waals surface area contributed by atoms with Crippen LogP contribution in [0.15, 0.2) is 4.90 Å². The number of fused-ring (bicyclic) bond motifs is 1. The van der Waals surface area contributed by atoms with Crippen molar-refractivity contribution in [1.29, 1.82) is 0 Å². The fraction of sp³-hybridized carbons (Fsp3) is 0.375. The zero-order valence-electron chi connectivity index (χ0n) is 6.99. The summed E-state index contributed by atoms with van der Waals surface area (Å²) in [5.41, 5.74) is 0. The van der Waals surface area contributed by atoms with E-state index in [9.17, 15) is 9.90 Å². The molecule has 0 aliphatic carbocycles. The summed E-state index contributed by atoms with van der Waals surface area (Å²) in [4.78, 5) is 13.5. The summed E-state index contributed by atoms with van der Waals surface area (Å²) in [5.74, 6) is 0.655. The molecule has 1 N–H and O–H groups in total. The number of carbonyl (C=O) groups excluding carboxylic acids is 1. The Bertz CT molecular complexity index is 357. The van der Waals surface area contributed by atoms with E-state index in [0.29, 0.717) is 4.88 Å². The average molecular weight is 216 g/mol. The third-order valence-electron chi connectivity index (χ3n) is 1.85. The third kappa shape index (κ3) is 1.32. The molecule has 0 aromatic carbocycles. The van der Waals surface area contributed by atoms with E-state index in [-0.39, 0.29) is 5.75 Å². The van der Waals surface area contributed by atoms with E-state index in [4.69, 9.17) is 0 Å². The summed E-state index contributed by atoms with van der Waals surface area (Å²) in [5, 5.41) is 9.64. The quantitative estimate of drug-likeness (QED) is 0.728. The molecule has 13 heavy (non-hydrogen) atoms. The lowest BCUT2D eigenvalue weighted by atomic mass is 10.3. The van der Waals surface area contributed by atoms with Crippen LogP contribution in [0.25, 0.3) is 0 Å². The van der Waals surface area contributed by atoms with Crippen LogP contribution in [0.4, 0.5) is 0 Å². The van der Waals surface area contributed by atoms with Crippen LogP contribution in [0, 0.1) is 0 Å². The lowest BCUT2D eigenvalue weighted by Crippen LogP contribution is -1.97.